The maximum atomic E-state index is 13.1. The molecule has 0 saturated carbocycles. The summed E-state index contributed by atoms with van der Waals surface area (Å²) >= 11 is 1.53. The van der Waals surface area contributed by atoms with Crippen molar-refractivity contribution in [2.24, 2.45) is 0 Å². The zero-order valence-electron chi connectivity index (χ0n) is 19.1. The predicted octanol–water partition coefficient (Wildman–Crippen LogP) is 3.17. The maximum absolute atomic E-state index is 13.1. The number of methoxy groups -OCH3 is 1. The van der Waals surface area contributed by atoms with E-state index in [2.05, 4.69) is 38.5 Å². The number of nitrogens with zero attached hydrogens (tertiary/aromatic N) is 4. The van der Waals surface area contributed by atoms with Crippen LogP contribution in [-0.4, -0.2) is 74.2 Å². The van der Waals surface area contributed by atoms with Crippen molar-refractivity contribution in [1.82, 2.24) is 20.2 Å². The number of benzene rings is 1. The lowest BCUT2D eigenvalue weighted by atomic mass is 9.90. The third kappa shape index (κ3) is 4.66. The molecule has 0 atom stereocenters. The first-order valence-electron chi connectivity index (χ1n) is 11.5. The van der Waals surface area contributed by atoms with E-state index in [9.17, 15) is 4.79 Å². The van der Waals surface area contributed by atoms with Gasteiger partial charge in [-0.15, -0.1) is 0 Å². The number of amides is 1. The number of carbonyl (C=O) groups excluding carboxylic acids is 1. The van der Waals surface area contributed by atoms with E-state index in [0.717, 1.165) is 73.9 Å². The Balaban J connectivity index is 1.39. The molecule has 0 bridgehead atoms. The molecule has 0 radical (unpaired) electrons. The van der Waals surface area contributed by atoms with Crippen molar-refractivity contribution in [1.29, 1.82) is 0 Å². The fourth-order valence-electron chi connectivity index (χ4n) is 4.61. The lowest BCUT2D eigenvalue weighted by Crippen LogP contribution is -2.44. The van der Waals surface area contributed by atoms with Gasteiger partial charge in [0.2, 0.25) is 0 Å². The summed E-state index contributed by atoms with van der Waals surface area (Å²) in [5, 5.41) is 7.03. The van der Waals surface area contributed by atoms with Crippen molar-refractivity contribution in [3.8, 4) is 5.75 Å². The summed E-state index contributed by atoms with van der Waals surface area (Å²) in [6.07, 6.45) is 3.92. The summed E-state index contributed by atoms with van der Waals surface area (Å²) in [6, 6.07) is 7.78. The summed E-state index contributed by atoms with van der Waals surface area (Å²) in [4.78, 5) is 26.8. The van der Waals surface area contributed by atoms with Crippen LogP contribution < -0.4 is 20.3 Å². The number of rotatable bonds is 5. The first kappa shape index (κ1) is 22.1. The van der Waals surface area contributed by atoms with Crippen molar-refractivity contribution < 1.29 is 9.53 Å². The quantitative estimate of drug-likeness (QED) is 0.598. The number of nitrogens with one attached hydrogen (secondary N) is 2. The van der Waals surface area contributed by atoms with Gasteiger partial charge in [-0.1, -0.05) is 17.4 Å². The summed E-state index contributed by atoms with van der Waals surface area (Å²) < 4.78 is 6.67. The molecule has 3 aromatic rings. The maximum Gasteiger partial charge on any atom is 0.257 e. The number of aromatic nitrogens is 2. The average Bonchev–Trinajstić information content (AvgIpc) is 3.28. The van der Waals surface area contributed by atoms with E-state index in [1.165, 1.54) is 16.9 Å². The van der Waals surface area contributed by atoms with Gasteiger partial charge >= 0.3 is 0 Å². The van der Waals surface area contributed by atoms with Gasteiger partial charge < -0.3 is 19.9 Å². The highest BCUT2D eigenvalue weighted by Gasteiger charge is 2.22. The highest BCUT2D eigenvalue weighted by atomic mass is 32.1. The Kier molecular flexibility index (Phi) is 6.43. The van der Waals surface area contributed by atoms with Crippen LogP contribution in [0.4, 0.5) is 10.9 Å². The van der Waals surface area contributed by atoms with Crippen LogP contribution in [0.2, 0.25) is 0 Å². The highest BCUT2D eigenvalue weighted by molar-refractivity contribution is 7.22. The van der Waals surface area contributed by atoms with Crippen LogP contribution in [0.1, 0.15) is 34.7 Å². The molecule has 5 rings (SSSR count). The minimum Gasteiger partial charge on any atom is -0.494 e. The van der Waals surface area contributed by atoms with E-state index in [4.69, 9.17) is 9.72 Å². The fourth-order valence-corrected chi connectivity index (χ4v) is 5.68. The number of hydrogen-bond acceptors (Lipinski definition) is 8. The molecule has 2 saturated heterocycles. The van der Waals surface area contributed by atoms with E-state index in [1.54, 1.807) is 19.4 Å². The van der Waals surface area contributed by atoms with Gasteiger partial charge in [0.25, 0.3) is 5.91 Å². The van der Waals surface area contributed by atoms with Gasteiger partial charge in [-0.3, -0.25) is 10.1 Å². The smallest absolute Gasteiger partial charge is 0.257 e. The zero-order valence-corrected chi connectivity index (χ0v) is 20.0. The lowest BCUT2D eigenvalue weighted by Gasteiger charge is -2.33. The van der Waals surface area contributed by atoms with E-state index < -0.39 is 0 Å². The minimum absolute atomic E-state index is 0.172. The van der Waals surface area contributed by atoms with Crippen LogP contribution in [-0.2, 0) is 0 Å². The van der Waals surface area contributed by atoms with Crippen molar-refractivity contribution in [3.05, 3.63) is 41.6 Å². The molecule has 4 heterocycles. The number of piperidine rings is 1. The van der Waals surface area contributed by atoms with Gasteiger partial charge in [0.15, 0.2) is 5.13 Å². The Morgan fingerprint density at radius 2 is 1.97 bits per heavy atom. The van der Waals surface area contributed by atoms with Gasteiger partial charge in [-0.05, 0) is 62.7 Å². The molecular weight excluding hydrogens is 436 g/mol. The molecule has 33 heavy (non-hydrogen) atoms. The number of thiazole rings is 1. The largest absolute Gasteiger partial charge is 0.494 e. The molecule has 9 heteroatoms. The van der Waals surface area contributed by atoms with Crippen LogP contribution in [0.3, 0.4) is 0 Å². The number of ether oxygens (including phenoxy) is 1. The van der Waals surface area contributed by atoms with Gasteiger partial charge in [0.1, 0.15) is 17.1 Å². The van der Waals surface area contributed by atoms with Crippen LogP contribution in [0.15, 0.2) is 30.5 Å². The topological polar surface area (TPSA) is 82.6 Å². The molecule has 2 aliphatic rings. The SMILES string of the molecule is COc1ccc(C2CCNCC2)c2sc(NC(=O)c3ccnc(N4CCN(C)CC4)c3)nc12. The van der Waals surface area contributed by atoms with Crippen LogP contribution in [0.5, 0.6) is 5.75 Å². The van der Waals surface area contributed by atoms with Crippen molar-refractivity contribution in [2.45, 2.75) is 18.8 Å². The Hall–Kier alpha value is -2.75. The number of hydrogen-bond donors (Lipinski definition) is 2. The number of likely N-dealkylation sites (N-methyl/N-ethyl adjacent to an activating group) is 1. The molecule has 2 N–H and O–H groups in total. The van der Waals surface area contributed by atoms with E-state index in [-0.39, 0.29) is 5.91 Å². The van der Waals surface area contributed by atoms with Crippen molar-refractivity contribution in [2.75, 3.05) is 63.6 Å². The van der Waals surface area contributed by atoms with E-state index in [1.807, 2.05) is 12.1 Å². The monoisotopic (exact) mass is 466 g/mol. The predicted molar refractivity (Wildman–Crippen MR) is 133 cm³/mol. The van der Waals surface area contributed by atoms with Gasteiger partial charge in [-0.2, -0.15) is 0 Å². The second-order valence-corrected chi connectivity index (χ2v) is 9.72. The van der Waals surface area contributed by atoms with E-state index in [0.29, 0.717) is 16.6 Å². The molecule has 0 unspecified atom stereocenters. The molecule has 1 aromatic carbocycles. The third-order valence-corrected chi connectivity index (χ3v) is 7.61. The summed E-state index contributed by atoms with van der Waals surface area (Å²) in [6.45, 7) is 5.85. The van der Waals surface area contributed by atoms with Crippen LogP contribution in [0, 0.1) is 0 Å². The average molecular weight is 467 g/mol. The van der Waals surface area contributed by atoms with E-state index >= 15 is 0 Å². The number of anilines is 2. The number of carbonyl (C=O) groups is 1. The van der Waals surface area contributed by atoms with Crippen molar-refractivity contribution >= 4 is 38.4 Å². The molecule has 2 aromatic heterocycles. The Morgan fingerprint density at radius 3 is 2.73 bits per heavy atom. The molecule has 0 spiro atoms. The second-order valence-electron chi connectivity index (χ2n) is 8.73. The molecular formula is C24H30N6O2S. The molecule has 2 aliphatic heterocycles. The highest BCUT2D eigenvalue weighted by Crippen LogP contribution is 2.40. The number of fused-ring (bicyclic) bond motifs is 1. The molecule has 174 valence electrons. The van der Waals surface area contributed by atoms with Crippen LogP contribution >= 0.6 is 11.3 Å². The zero-order chi connectivity index (χ0) is 22.8. The van der Waals surface area contributed by atoms with Gasteiger partial charge in [0, 0.05) is 37.9 Å². The summed E-state index contributed by atoms with van der Waals surface area (Å²) in [7, 11) is 3.78. The van der Waals surface area contributed by atoms with Gasteiger partial charge in [-0.25, -0.2) is 9.97 Å². The molecule has 0 aliphatic carbocycles. The second kappa shape index (κ2) is 9.62. The summed E-state index contributed by atoms with van der Waals surface area (Å²) in [5.41, 5.74) is 2.71. The third-order valence-electron chi connectivity index (χ3n) is 6.59. The number of piperazine rings is 1. The first-order chi connectivity index (χ1) is 16.1. The normalized spacial score (nSPS) is 17.9. The first-order valence-corrected chi connectivity index (χ1v) is 12.3. The Bertz CT molecular complexity index is 1140. The molecule has 2 fully saturated rings. The molecule has 8 nitrogen and oxygen atoms in total. The minimum atomic E-state index is -0.172. The molecule has 1 amide bonds. The standard InChI is InChI=1S/C24H30N6O2S/c1-29-11-13-30(14-12-29)20-15-17(7-10-26-20)23(31)28-24-27-21-19(32-2)4-3-18(22(21)33-24)16-5-8-25-9-6-16/h3-4,7,10,15-16,25H,5-6,8-9,11-14H2,1-2H3,(H,27,28,31). The Morgan fingerprint density at radius 1 is 1.18 bits per heavy atom. The Labute approximate surface area is 198 Å². The van der Waals surface area contributed by atoms with Crippen molar-refractivity contribution in [3.63, 3.8) is 0 Å². The fraction of sp³-hybridized carbons (Fsp3) is 0.458. The lowest BCUT2D eigenvalue weighted by molar-refractivity contribution is 0.102. The number of pyridine rings is 1. The summed E-state index contributed by atoms with van der Waals surface area (Å²) in [5.74, 6) is 1.90. The van der Waals surface area contributed by atoms with Crippen LogP contribution in [0.25, 0.3) is 10.2 Å². The van der Waals surface area contributed by atoms with Gasteiger partial charge in [0.05, 0.1) is 11.8 Å².